The molecule has 42 heavy (non-hydrogen) atoms. The van der Waals surface area contributed by atoms with Gasteiger partial charge in [-0.1, -0.05) is 47.5 Å². The van der Waals surface area contributed by atoms with E-state index in [1.165, 1.54) is 42.5 Å². The molecule has 4 aromatic carbocycles. The molecule has 0 unspecified atom stereocenters. The molecule has 0 aromatic heterocycles. The normalized spacial score (nSPS) is 13.9. The molecule has 0 aliphatic carbocycles. The maximum atomic E-state index is 13.2. The molecular formula is C31H30Cl2N4O4S. The highest BCUT2D eigenvalue weighted by atomic mass is 35.5. The van der Waals surface area contributed by atoms with E-state index in [0.717, 1.165) is 37.4 Å². The summed E-state index contributed by atoms with van der Waals surface area (Å²) in [5, 5.41) is 3.61. The van der Waals surface area contributed by atoms with Crippen LogP contribution in [0.2, 0.25) is 10.0 Å². The van der Waals surface area contributed by atoms with Gasteiger partial charge < -0.3 is 19.9 Å². The van der Waals surface area contributed by atoms with Crippen molar-refractivity contribution in [1.82, 2.24) is 10.2 Å². The average Bonchev–Trinajstić information content (AvgIpc) is 2.99. The van der Waals surface area contributed by atoms with E-state index < -0.39 is 15.9 Å². The van der Waals surface area contributed by atoms with Crippen molar-refractivity contribution in [2.75, 3.05) is 42.8 Å². The molecule has 5 rings (SSSR count). The SMILES string of the molecule is CN1CCN(c2ccc(CNC(=O)c3cc(Cl)ccc3NS(=O)(=O)c3ccc(Oc4ccccc4Cl)cc3)cc2)CC1. The van der Waals surface area contributed by atoms with Gasteiger partial charge in [-0.2, -0.15) is 0 Å². The summed E-state index contributed by atoms with van der Waals surface area (Å²) in [6, 6.07) is 25.4. The minimum absolute atomic E-state index is 0.00393. The largest absolute Gasteiger partial charge is 0.456 e. The molecule has 1 aliphatic rings. The highest BCUT2D eigenvalue weighted by Gasteiger charge is 2.20. The molecule has 4 aromatic rings. The number of sulfonamides is 1. The van der Waals surface area contributed by atoms with E-state index in [9.17, 15) is 13.2 Å². The molecule has 1 amide bonds. The molecule has 1 heterocycles. The number of carbonyl (C=O) groups excluding carboxylic acids is 1. The predicted octanol–water partition coefficient (Wildman–Crippen LogP) is 6.27. The van der Waals surface area contributed by atoms with Crippen LogP contribution in [-0.4, -0.2) is 52.5 Å². The summed E-state index contributed by atoms with van der Waals surface area (Å²) in [5.74, 6) is 0.419. The number of carbonyl (C=O) groups is 1. The van der Waals surface area contributed by atoms with Gasteiger partial charge in [-0.3, -0.25) is 9.52 Å². The van der Waals surface area contributed by atoms with E-state index in [-0.39, 0.29) is 22.7 Å². The summed E-state index contributed by atoms with van der Waals surface area (Å²) in [6.07, 6.45) is 0. The minimum Gasteiger partial charge on any atom is -0.456 e. The van der Waals surface area contributed by atoms with Crippen LogP contribution in [0.5, 0.6) is 11.5 Å². The van der Waals surface area contributed by atoms with Crippen molar-refractivity contribution in [3.8, 4) is 11.5 Å². The van der Waals surface area contributed by atoms with Crippen molar-refractivity contribution >= 4 is 50.5 Å². The maximum Gasteiger partial charge on any atom is 0.261 e. The highest BCUT2D eigenvalue weighted by Crippen LogP contribution is 2.30. The number of ether oxygens (including phenoxy) is 1. The molecule has 8 nitrogen and oxygen atoms in total. The quantitative estimate of drug-likeness (QED) is 0.228. The van der Waals surface area contributed by atoms with Crippen molar-refractivity contribution in [2.24, 2.45) is 0 Å². The molecule has 1 saturated heterocycles. The van der Waals surface area contributed by atoms with Crippen LogP contribution < -0.4 is 19.7 Å². The fraction of sp³-hybridized carbons (Fsp3) is 0.194. The standard InChI is InChI=1S/C31H30Cl2N4O4S/c1-36-16-18-37(19-17-36)24-9-6-22(7-10-24)21-34-31(38)27-20-23(32)8-15-29(27)35-42(39,40)26-13-11-25(12-14-26)41-30-5-3-2-4-28(30)33/h2-15,20,35H,16-19,21H2,1H3,(H,34,38). The van der Waals surface area contributed by atoms with Gasteiger partial charge in [-0.05, 0) is 79.3 Å². The Balaban J connectivity index is 1.24. The first-order chi connectivity index (χ1) is 20.2. The second kappa shape index (κ2) is 13.0. The van der Waals surface area contributed by atoms with E-state index in [0.29, 0.717) is 21.5 Å². The number of nitrogens with zero attached hydrogens (tertiary/aromatic N) is 2. The number of piperazine rings is 1. The lowest BCUT2D eigenvalue weighted by atomic mass is 10.1. The van der Waals surface area contributed by atoms with Crippen molar-refractivity contribution < 1.29 is 17.9 Å². The molecular weight excluding hydrogens is 595 g/mol. The predicted molar refractivity (Wildman–Crippen MR) is 168 cm³/mol. The van der Waals surface area contributed by atoms with Gasteiger partial charge in [0.1, 0.15) is 11.5 Å². The smallest absolute Gasteiger partial charge is 0.261 e. The van der Waals surface area contributed by atoms with Crippen molar-refractivity contribution in [3.63, 3.8) is 0 Å². The first-order valence-corrected chi connectivity index (χ1v) is 15.6. The minimum atomic E-state index is -4.03. The zero-order chi connectivity index (χ0) is 29.7. The molecule has 0 spiro atoms. The zero-order valence-corrected chi connectivity index (χ0v) is 25.2. The van der Waals surface area contributed by atoms with E-state index >= 15 is 0 Å². The van der Waals surface area contributed by atoms with Gasteiger partial charge in [-0.15, -0.1) is 0 Å². The number of hydrogen-bond acceptors (Lipinski definition) is 6. The van der Waals surface area contributed by atoms with E-state index in [2.05, 4.69) is 39.0 Å². The Morgan fingerprint density at radius 2 is 1.57 bits per heavy atom. The Morgan fingerprint density at radius 3 is 2.26 bits per heavy atom. The number of rotatable bonds is 9. The first-order valence-electron chi connectivity index (χ1n) is 13.3. The van der Waals surface area contributed by atoms with E-state index in [1.54, 1.807) is 24.3 Å². The van der Waals surface area contributed by atoms with Crippen LogP contribution >= 0.6 is 23.2 Å². The molecule has 218 valence electrons. The third kappa shape index (κ3) is 7.35. The lowest BCUT2D eigenvalue weighted by Gasteiger charge is -2.34. The van der Waals surface area contributed by atoms with Crippen molar-refractivity contribution in [1.29, 1.82) is 0 Å². The molecule has 0 atom stereocenters. The van der Waals surface area contributed by atoms with Crippen LogP contribution in [0.25, 0.3) is 0 Å². The van der Waals surface area contributed by atoms with Crippen LogP contribution in [-0.2, 0) is 16.6 Å². The van der Waals surface area contributed by atoms with E-state index in [4.69, 9.17) is 27.9 Å². The van der Waals surface area contributed by atoms with Crippen LogP contribution in [0, 0.1) is 0 Å². The van der Waals surface area contributed by atoms with Crippen LogP contribution in [0.3, 0.4) is 0 Å². The summed E-state index contributed by atoms with van der Waals surface area (Å²) >= 11 is 12.3. The fourth-order valence-electron chi connectivity index (χ4n) is 4.51. The lowest BCUT2D eigenvalue weighted by molar-refractivity contribution is 0.0952. The topological polar surface area (TPSA) is 91.0 Å². The third-order valence-corrected chi connectivity index (χ3v) is 8.86. The Bertz CT molecular complexity index is 1660. The zero-order valence-electron chi connectivity index (χ0n) is 22.9. The number of amides is 1. The molecule has 2 N–H and O–H groups in total. The monoisotopic (exact) mass is 624 g/mol. The van der Waals surface area contributed by atoms with Crippen LogP contribution in [0.1, 0.15) is 15.9 Å². The molecule has 11 heteroatoms. The lowest BCUT2D eigenvalue weighted by Crippen LogP contribution is -2.44. The summed E-state index contributed by atoms with van der Waals surface area (Å²) in [7, 11) is -1.91. The Kier molecular flexibility index (Phi) is 9.23. The first kappa shape index (κ1) is 29.7. The van der Waals surface area contributed by atoms with Gasteiger partial charge >= 0.3 is 0 Å². The third-order valence-electron chi connectivity index (χ3n) is 6.93. The van der Waals surface area contributed by atoms with Gasteiger partial charge in [0.15, 0.2) is 0 Å². The molecule has 0 saturated carbocycles. The summed E-state index contributed by atoms with van der Waals surface area (Å²) in [6.45, 7) is 4.26. The molecule has 1 fully saturated rings. The van der Waals surface area contributed by atoms with Gasteiger partial charge in [0.2, 0.25) is 0 Å². The van der Waals surface area contributed by atoms with E-state index in [1.807, 2.05) is 12.1 Å². The molecule has 0 bridgehead atoms. The second-order valence-corrected chi connectivity index (χ2v) is 12.5. The van der Waals surface area contributed by atoms with Gasteiger partial charge in [0.05, 0.1) is 21.2 Å². The van der Waals surface area contributed by atoms with Gasteiger partial charge in [-0.25, -0.2) is 8.42 Å². The Hall–Kier alpha value is -3.76. The fourth-order valence-corrected chi connectivity index (χ4v) is 5.93. The number of likely N-dealkylation sites (N-methyl/N-ethyl adjacent to an activating group) is 1. The summed E-state index contributed by atoms with van der Waals surface area (Å²) in [5.41, 5.74) is 2.29. The number of benzene rings is 4. The Morgan fingerprint density at radius 1 is 0.881 bits per heavy atom. The van der Waals surface area contributed by atoms with Crippen molar-refractivity contribution in [3.05, 3.63) is 112 Å². The number of nitrogens with one attached hydrogen (secondary N) is 2. The van der Waals surface area contributed by atoms with Gasteiger partial charge in [0.25, 0.3) is 15.9 Å². The summed E-state index contributed by atoms with van der Waals surface area (Å²) in [4.78, 5) is 17.8. The number of anilines is 2. The number of hydrogen-bond donors (Lipinski definition) is 2. The van der Waals surface area contributed by atoms with Crippen LogP contribution in [0.4, 0.5) is 11.4 Å². The number of para-hydroxylation sites is 1. The second-order valence-electron chi connectivity index (χ2n) is 9.94. The van der Waals surface area contributed by atoms with Crippen molar-refractivity contribution in [2.45, 2.75) is 11.4 Å². The maximum absolute atomic E-state index is 13.2. The number of halogens is 2. The molecule has 0 radical (unpaired) electrons. The highest BCUT2D eigenvalue weighted by molar-refractivity contribution is 7.92. The Labute approximate surface area is 255 Å². The molecule has 1 aliphatic heterocycles. The average molecular weight is 626 g/mol. The van der Waals surface area contributed by atoms with Crippen LogP contribution in [0.15, 0.2) is 95.9 Å². The summed E-state index contributed by atoms with van der Waals surface area (Å²) < 4.78 is 34.7. The van der Waals surface area contributed by atoms with Gasteiger partial charge in [0, 0.05) is 43.4 Å².